The molecule has 0 aromatic carbocycles. The molecule has 2 saturated carbocycles. The van der Waals surface area contributed by atoms with E-state index in [0.717, 1.165) is 32.0 Å². The van der Waals surface area contributed by atoms with Gasteiger partial charge in [-0.05, 0) is 51.0 Å². The second-order valence-corrected chi connectivity index (χ2v) is 8.38. The van der Waals surface area contributed by atoms with Crippen molar-refractivity contribution in [3.8, 4) is 0 Å². The molecule has 0 saturated heterocycles. The highest BCUT2D eigenvalue weighted by Crippen LogP contribution is 2.26. The van der Waals surface area contributed by atoms with Crippen LogP contribution >= 0.6 is 0 Å². The summed E-state index contributed by atoms with van der Waals surface area (Å²) in [5, 5.41) is 3.42. The Labute approximate surface area is 118 Å². The molecule has 2 aliphatic carbocycles. The van der Waals surface area contributed by atoms with Crippen LogP contribution in [0.25, 0.3) is 0 Å². The van der Waals surface area contributed by atoms with E-state index in [0.29, 0.717) is 11.7 Å². The molecule has 2 fully saturated rings. The van der Waals surface area contributed by atoms with Gasteiger partial charge in [0.25, 0.3) is 0 Å². The zero-order chi connectivity index (χ0) is 13.7. The number of hydrogen-bond donors (Lipinski definition) is 1. The van der Waals surface area contributed by atoms with E-state index < -0.39 is 10.0 Å². The minimum Gasteiger partial charge on any atom is -0.314 e. The smallest absolute Gasteiger partial charge is 0.213 e. The highest BCUT2D eigenvalue weighted by atomic mass is 32.2. The molecule has 0 amide bonds. The predicted molar refractivity (Wildman–Crippen MR) is 78.6 cm³/mol. The molecule has 2 aliphatic rings. The number of nitrogens with zero attached hydrogens (tertiary/aromatic N) is 1. The van der Waals surface area contributed by atoms with Crippen LogP contribution in [-0.2, 0) is 10.0 Å². The monoisotopic (exact) mass is 288 g/mol. The zero-order valence-electron chi connectivity index (χ0n) is 12.1. The summed E-state index contributed by atoms with van der Waals surface area (Å²) in [6, 6.07) is 0.724. The van der Waals surface area contributed by atoms with Gasteiger partial charge in [0.15, 0.2) is 0 Å². The third-order valence-corrected chi connectivity index (χ3v) is 6.21. The topological polar surface area (TPSA) is 49.4 Å². The number of sulfonamides is 1. The SMILES string of the molecule is CN(CC1CCCC1)S(=O)(=O)CCCCNC1CC1. The van der Waals surface area contributed by atoms with Crippen molar-refractivity contribution >= 4 is 10.0 Å². The van der Waals surface area contributed by atoms with E-state index in [1.54, 1.807) is 11.4 Å². The molecule has 0 unspecified atom stereocenters. The Morgan fingerprint density at radius 2 is 1.79 bits per heavy atom. The van der Waals surface area contributed by atoms with Gasteiger partial charge in [0.1, 0.15) is 0 Å². The second kappa shape index (κ2) is 7.04. The first-order valence-electron chi connectivity index (χ1n) is 7.75. The lowest BCUT2D eigenvalue weighted by atomic mass is 10.1. The number of nitrogens with one attached hydrogen (secondary N) is 1. The fraction of sp³-hybridized carbons (Fsp3) is 1.00. The van der Waals surface area contributed by atoms with Crippen LogP contribution in [-0.4, -0.2) is 44.7 Å². The van der Waals surface area contributed by atoms with Crippen molar-refractivity contribution in [2.24, 2.45) is 5.92 Å². The van der Waals surface area contributed by atoms with Crippen LogP contribution < -0.4 is 5.32 Å². The maximum atomic E-state index is 12.1. The van der Waals surface area contributed by atoms with Gasteiger partial charge in [-0.2, -0.15) is 0 Å². The minimum atomic E-state index is -3.03. The molecule has 5 heteroatoms. The molecule has 4 nitrogen and oxygen atoms in total. The van der Waals surface area contributed by atoms with Gasteiger partial charge in [0, 0.05) is 19.6 Å². The molecule has 0 bridgehead atoms. The van der Waals surface area contributed by atoms with Crippen LogP contribution in [0.4, 0.5) is 0 Å². The van der Waals surface area contributed by atoms with E-state index >= 15 is 0 Å². The number of rotatable bonds is 9. The van der Waals surface area contributed by atoms with E-state index in [-0.39, 0.29) is 0 Å². The molecule has 19 heavy (non-hydrogen) atoms. The summed E-state index contributed by atoms with van der Waals surface area (Å²) in [6.45, 7) is 1.69. The Balaban J connectivity index is 1.61. The molecule has 0 aromatic rings. The van der Waals surface area contributed by atoms with Crippen LogP contribution in [0.5, 0.6) is 0 Å². The molecule has 0 spiro atoms. The van der Waals surface area contributed by atoms with Crippen molar-refractivity contribution in [3.63, 3.8) is 0 Å². The molecule has 0 radical (unpaired) electrons. The van der Waals surface area contributed by atoms with Gasteiger partial charge in [-0.3, -0.25) is 0 Å². The Morgan fingerprint density at radius 3 is 2.42 bits per heavy atom. The Kier molecular flexibility index (Phi) is 5.66. The first-order chi connectivity index (χ1) is 9.08. The molecular formula is C14H28N2O2S. The average molecular weight is 288 g/mol. The summed E-state index contributed by atoms with van der Waals surface area (Å²) in [5.74, 6) is 0.902. The van der Waals surface area contributed by atoms with Crippen molar-refractivity contribution in [1.82, 2.24) is 9.62 Å². The zero-order valence-corrected chi connectivity index (χ0v) is 12.9. The summed E-state index contributed by atoms with van der Waals surface area (Å²) >= 11 is 0. The van der Waals surface area contributed by atoms with Crippen LogP contribution in [0.2, 0.25) is 0 Å². The molecule has 0 aromatic heterocycles. The van der Waals surface area contributed by atoms with Crippen LogP contribution in [0.15, 0.2) is 0 Å². The summed E-state index contributed by atoms with van der Waals surface area (Å²) in [4.78, 5) is 0. The van der Waals surface area contributed by atoms with E-state index in [1.165, 1.54) is 38.5 Å². The predicted octanol–water partition coefficient (Wildman–Crippen LogP) is 1.97. The van der Waals surface area contributed by atoms with Gasteiger partial charge in [0.2, 0.25) is 10.0 Å². The first kappa shape index (κ1) is 15.3. The van der Waals surface area contributed by atoms with Crippen LogP contribution in [0.1, 0.15) is 51.4 Å². The molecule has 0 atom stereocenters. The van der Waals surface area contributed by atoms with Gasteiger partial charge in [-0.25, -0.2) is 12.7 Å². The molecule has 0 heterocycles. The van der Waals surface area contributed by atoms with Gasteiger partial charge in [-0.15, -0.1) is 0 Å². The van der Waals surface area contributed by atoms with Crippen LogP contribution in [0, 0.1) is 5.92 Å². The van der Waals surface area contributed by atoms with Gasteiger partial charge < -0.3 is 5.32 Å². The first-order valence-corrected chi connectivity index (χ1v) is 9.36. The lowest BCUT2D eigenvalue weighted by Crippen LogP contribution is -2.33. The minimum absolute atomic E-state index is 0.308. The van der Waals surface area contributed by atoms with Gasteiger partial charge in [0.05, 0.1) is 5.75 Å². The van der Waals surface area contributed by atoms with Crippen molar-refractivity contribution in [2.75, 3.05) is 25.9 Å². The fourth-order valence-electron chi connectivity index (χ4n) is 2.83. The van der Waals surface area contributed by atoms with E-state index in [9.17, 15) is 8.42 Å². The fourth-order valence-corrected chi connectivity index (χ4v) is 4.15. The summed E-state index contributed by atoms with van der Waals surface area (Å²) in [5.41, 5.74) is 0. The molecule has 2 rings (SSSR count). The maximum absolute atomic E-state index is 12.1. The summed E-state index contributed by atoms with van der Waals surface area (Å²) in [7, 11) is -1.28. The van der Waals surface area contributed by atoms with Crippen LogP contribution in [0.3, 0.4) is 0 Å². The van der Waals surface area contributed by atoms with E-state index in [1.807, 2.05) is 0 Å². The average Bonchev–Trinajstić information content (AvgIpc) is 3.04. The molecular weight excluding hydrogens is 260 g/mol. The third-order valence-electron chi connectivity index (χ3n) is 4.30. The number of hydrogen-bond acceptors (Lipinski definition) is 3. The van der Waals surface area contributed by atoms with E-state index in [2.05, 4.69) is 5.32 Å². The normalized spacial score (nSPS) is 21.4. The highest BCUT2D eigenvalue weighted by Gasteiger charge is 2.24. The largest absolute Gasteiger partial charge is 0.314 e. The van der Waals surface area contributed by atoms with Gasteiger partial charge >= 0.3 is 0 Å². The quantitative estimate of drug-likeness (QED) is 0.660. The third kappa shape index (κ3) is 5.40. The summed E-state index contributed by atoms with van der Waals surface area (Å²) < 4.78 is 25.9. The van der Waals surface area contributed by atoms with Crippen molar-refractivity contribution in [2.45, 2.75) is 57.4 Å². The Hall–Kier alpha value is -0.130. The highest BCUT2D eigenvalue weighted by molar-refractivity contribution is 7.89. The lowest BCUT2D eigenvalue weighted by molar-refractivity contribution is 0.386. The van der Waals surface area contributed by atoms with Crippen molar-refractivity contribution in [3.05, 3.63) is 0 Å². The Bertz CT molecular complexity index is 360. The summed E-state index contributed by atoms with van der Waals surface area (Å²) in [6.07, 6.45) is 9.27. The van der Waals surface area contributed by atoms with E-state index in [4.69, 9.17) is 0 Å². The second-order valence-electron chi connectivity index (χ2n) is 6.18. The van der Waals surface area contributed by atoms with Gasteiger partial charge in [-0.1, -0.05) is 12.8 Å². The standard InChI is InChI=1S/C14H28N2O2S/c1-16(12-13-6-2-3-7-13)19(17,18)11-5-4-10-15-14-8-9-14/h13-15H,2-12H2,1H3. The Morgan fingerprint density at radius 1 is 1.11 bits per heavy atom. The van der Waals surface area contributed by atoms with Crippen molar-refractivity contribution in [1.29, 1.82) is 0 Å². The lowest BCUT2D eigenvalue weighted by Gasteiger charge is -2.20. The molecule has 1 N–H and O–H groups in total. The van der Waals surface area contributed by atoms with Crippen molar-refractivity contribution < 1.29 is 8.42 Å². The maximum Gasteiger partial charge on any atom is 0.213 e. The molecule has 112 valence electrons. The number of unbranched alkanes of at least 4 members (excludes halogenated alkanes) is 1. The molecule has 0 aliphatic heterocycles.